The van der Waals surface area contributed by atoms with Gasteiger partial charge in [0.15, 0.2) is 5.69 Å². The molecule has 6 nitrogen and oxygen atoms in total. The van der Waals surface area contributed by atoms with Crippen LogP contribution < -0.4 is 0 Å². The Morgan fingerprint density at radius 3 is 2.54 bits per heavy atom. The number of benzene rings is 2. The molecule has 1 N–H and O–H groups in total. The maximum atomic E-state index is 12.5. The number of aliphatic hydroxyl groups excluding tert-OH is 1. The second-order valence-electron chi connectivity index (χ2n) is 6.58. The molecule has 0 radical (unpaired) electrons. The highest BCUT2D eigenvalue weighted by atomic mass is 16.3. The Bertz CT molecular complexity index is 907. The van der Waals surface area contributed by atoms with Crippen LogP contribution in [0, 0.1) is 0 Å². The minimum atomic E-state index is -0.602. The van der Waals surface area contributed by atoms with Crippen LogP contribution in [0.25, 0.3) is 6.08 Å². The molecule has 28 heavy (non-hydrogen) atoms. The molecule has 0 aliphatic carbocycles. The Hall–Kier alpha value is -3.25. The monoisotopic (exact) mass is 376 g/mol. The first-order valence-corrected chi connectivity index (χ1v) is 9.23. The molecule has 0 spiro atoms. The zero-order valence-electron chi connectivity index (χ0n) is 15.8. The molecule has 0 aliphatic rings. The van der Waals surface area contributed by atoms with Gasteiger partial charge in [-0.15, -0.1) is 5.10 Å². The van der Waals surface area contributed by atoms with Crippen molar-refractivity contribution in [1.29, 1.82) is 0 Å². The highest BCUT2D eigenvalue weighted by Crippen LogP contribution is 2.16. The summed E-state index contributed by atoms with van der Waals surface area (Å²) in [5.41, 5.74) is 2.25. The number of allylic oxidation sites excluding steroid dienone is 1. The Labute approximate surface area is 164 Å². The Balaban J connectivity index is 1.51. The van der Waals surface area contributed by atoms with Gasteiger partial charge < -0.3 is 10.0 Å². The summed E-state index contributed by atoms with van der Waals surface area (Å²) in [6.07, 6.45) is 5.47. The van der Waals surface area contributed by atoms with Crippen molar-refractivity contribution in [2.45, 2.75) is 19.1 Å². The molecule has 0 aliphatic heterocycles. The van der Waals surface area contributed by atoms with E-state index in [0.717, 1.165) is 11.1 Å². The van der Waals surface area contributed by atoms with Crippen molar-refractivity contribution in [3.05, 3.63) is 89.8 Å². The topological polar surface area (TPSA) is 71.2 Å². The second-order valence-corrected chi connectivity index (χ2v) is 6.58. The number of rotatable bonds is 8. The molecule has 1 atom stereocenters. The van der Waals surface area contributed by atoms with E-state index < -0.39 is 6.10 Å². The van der Waals surface area contributed by atoms with Crippen LogP contribution in [0.3, 0.4) is 0 Å². The van der Waals surface area contributed by atoms with Crippen molar-refractivity contribution < 1.29 is 9.90 Å². The molecule has 0 saturated heterocycles. The number of amides is 1. The second kappa shape index (κ2) is 9.62. The lowest BCUT2D eigenvalue weighted by atomic mass is 10.1. The van der Waals surface area contributed by atoms with Gasteiger partial charge in [-0.3, -0.25) is 4.79 Å². The largest absolute Gasteiger partial charge is 0.388 e. The van der Waals surface area contributed by atoms with Crippen LogP contribution in [0.4, 0.5) is 0 Å². The molecule has 0 bridgehead atoms. The van der Waals surface area contributed by atoms with Crippen LogP contribution in [0.1, 0.15) is 34.1 Å². The fourth-order valence-corrected chi connectivity index (χ4v) is 2.80. The van der Waals surface area contributed by atoms with Crippen LogP contribution >= 0.6 is 0 Å². The zero-order chi connectivity index (χ0) is 19.8. The standard InChI is InChI=1S/C22H24N4O2/c1-25(16-14-21(27)19-12-6-3-7-13-19)22(28)20-17-26(24-23-20)15-8-11-18-9-4-2-5-10-18/h2-13,17,21,27H,14-16H2,1H3. The summed E-state index contributed by atoms with van der Waals surface area (Å²) in [4.78, 5) is 14.1. The van der Waals surface area contributed by atoms with Crippen LogP contribution in [-0.2, 0) is 6.54 Å². The van der Waals surface area contributed by atoms with Gasteiger partial charge in [-0.05, 0) is 17.5 Å². The first-order chi connectivity index (χ1) is 13.6. The van der Waals surface area contributed by atoms with Gasteiger partial charge in [0.25, 0.3) is 5.91 Å². The molecular formula is C22H24N4O2. The molecule has 2 aromatic carbocycles. The number of aliphatic hydroxyl groups is 1. The van der Waals surface area contributed by atoms with Gasteiger partial charge in [-0.1, -0.05) is 78.0 Å². The molecule has 1 heterocycles. The van der Waals surface area contributed by atoms with Crippen LogP contribution in [0.15, 0.2) is 72.9 Å². The minimum absolute atomic E-state index is 0.210. The SMILES string of the molecule is CN(CCC(O)c1ccccc1)C(=O)c1cn(CC=Cc2ccccc2)nn1. The van der Waals surface area contributed by atoms with Crippen molar-refractivity contribution in [3.8, 4) is 0 Å². The molecular weight excluding hydrogens is 352 g/mol. The van der Waals surface area contributed by atoms with E-state index in [1.54, 1.807) is 22.8 Å². The summed E-state index contributed by atoms with van der Waals surface area (Å²) >= 11 is 0. The molecule has 3 rings (SSSR count). The van der Waals surface area contributed by atoms with Crippen molar-refractivity contribution in [3.63, 3.8) is 0 Å². The Morgan fingerprint density at radius 1 is 1.14 bits per heavy atom. The first-order valence-electron chi connectivity index (χ1n) is 9.23. The molecule has 0 saturated carbocycles. The average molecular weight is 376 g/mol. The van der Waals surface area contributed by atoms with Gasteiger partial charge in [0.2, 0.25) is 0 Å². The smallest absolute Gasteiger partial charge is 0.275 e. The van der Waals surface area contributed by atoms with E-state index in [2.05, 4.69) is 10.3 Å². The molecule has 1 amide bonds. The number of nitrogens with zero attached hydrogens (tertiary/aromatic N) is 4. The van der Waals surface area contributed by atoms with Gasteiger partial charge in [-0.2, -0.15) is 0 Å². The summed E-state index contributed by atoms with van der Waals surface area (Å²) in [6, 6.07) is 19.4. The normalized spacial score (nSPS) is 12.2. The van der Waals surface area contributed by atoms with Crippen molar-refractivity contribution in [1.82, 2.24) is 19.9 Å². The highest BCUT2D eigenvalue weighted by Gasteiger charge is 2.17. The van der Waals surface area contributed by atoms with Gasteiger partial charge in [0.05, 0.1) is 18.8 Å². The lowest BCUT2D eigenvalue weighted by Gasteiger charge is -2.18. The quantitative estimate of drug-likeness (QED) is 0.655. The maximum absolute atomic E-state index is 12.5. The number of aromatic nitrogens is 3. The average Bonchev–Trinajstić information content (AvgIpc) is 3.21. The van der Waals surface area contributed by atoms with E-state index in [9.17, 15) is 9.90 Å². The molecule has 3 aromatic rings. The minimum Gasteiger partial charge on any atom is -0.388 e. The van der Waals surface area contributed by atoms with Gasteiger partial charge in [0.1, 0.15) is 0 Å². The third-order valence-corrected chi connectivity index (χ3v) is 4.43. The van der Waals surface area contributed by atoms with E-state index in [0.29, 0.717) is 25.2 Å². The lowest BCUT2D eigenvalue weighted by Crippen LogP contribution is -2.29. The Kier molecular flexibility index (Phi) is 6.70. The van der Waals surface area contributed by atoms with Crippen LogP contribution in [0.5, 0.6) is 0 Å². The van der Waals surface area contributed by atoms with E-state index in [1.807, 2.05) is 72.8 Å². The summed E-state index contributed by atoms with van der Waals surface area (Å²) in [6.45, 7) is 0.960. The van der Waals surface area contributed by atoms with E-state index in [4.69, 9.17) is 0 Å². The van der Waals surface area contributed by atoms with E-state index >= 15 is 0 Å². The Morgan fingerprint density at radius 2 is 1.82 bits per heavy atom. The van der Waals surface area contributed by atoms with Crippen LogP contribution in [-0.4, -0.2) is 44.5 Å². The van der Waals surface area contributed by atoms with E-state index in [-0.39, 0.29) is 5.91 Å². The molecule has 1 aromatic heterocycles. The van der Waals surface area contributed by atoms with Crippen LogP contribution in [0.2, 0.25) is 0 Å². The van der Waals surface area contributed by atoms with Crippen molar-refractivity contribution in [2.24, 2.45) is 0 Å². The zero-order valence-corrected chi connectivity index (χ0v) is 15.8. The fourth-order valence-electron chi connectivity index (χ4n) is 2.80. The predicted octanol–water partition coefficient (Wildman–Crippen LogP) is 3.19. The van der Waals surface area contributed by atoms with Gasteiger partial charge in [-0.25, -0.2) is 4.68 Å². The lowest BCUT2D eigenvalue weighted by molar-refractivity contribution is 0.0755. The maximum Gasteiger partial charge on any atom is 0.275 e. The molecule has 1 unspecified atom stereocenters. The molecule has 0 fully saturated rings. The third-order valence-electron chi connectivity index (χ3n) is 4.43. The molecule has 6 heteroatoms. The molecule has 144 valence electrons. The predicted molar refractivity (Wildman–Crippen MR) is 108 cm³/mol. The highest BCUT2D eigenvalue weighted by molar-refractivity contribution is 5.91. The summed E-state index contributed by atoms with van der Waals surface area (Å²) in [7, 11) is 1.70. The number of carbonyl (C=O) groups is 1. The van der Waals surface area contributed by atoms with Crippen molar-refractivity contribution >= 4 is 12.0 Å². The van der Waals surface area contributed by atoms with E-state index in [1.165, 1.54) is 0 Å². The number of hydrogen-bond donors (Lipinski definition) is 1. The van der Waals surface area contributed by atoms with Gasteiger partial charge >= 0.3 is 0 Å². The first kappa shape index (κ1) is 19.5. The van der Waals surface area contributed by atoms with Gasteiger partial charge in [0, 0.05) is 13.6 Å². The fraction of sp³-hybridized carbons (Fsp3) is 0.227. The van der Waals surface area contributed by atoms with Crippen molar-refractivity contribution in [2.75, 3.05) is 13.6 Å². The third kappa shape index (κ3) is 5.37. The summed E-state index contributed by atoms with van der Waals surface area (Å²) in [5.74, 6) is -0.210. The number of carbonyl (C=O) groups excluding carboxylic acids is 1. The summed E-state index contributed by atoms with van der Waals surface area (Å²) < 4.78 is 1.62. The number of hydrogen-bond acceptors (Lipinski definition) is 4. The summed E-state index contributed by atoms with van der Waals surface area (Å²) in [5, 5.41) is 18.2.